The molecule has 0 amide bonds. The lowest BCUT2D eigenvalue weighted by atomic mass is 9.60. The third kappa shape index (κ3) is 6.27. The van der Waals surface area contributed by atoms with Crippen LogP contribution in [-0.4, -0.2) is 53.1 Å². The number of carbonyl (C=O) groups excluding carboxylic acids is 1. The van der Waals surface area contributed by atoms with Crippen LogP contribution in [0.2, 0.25) is 10.0 Å². The van der Waals surface area contributed by atoms with Crippen LogP contribution in [0.15, 0.2) is 53.7 Å². The first-order chi connectivity index (χ1) is 18.9. The number of nitro groups is 1. The van der Waals surface area contributed by atoms with Crippen molar-refractivity contribution in [2.24, 2.45) is 11.3 Å². The Balaban J connectivity index is 1.74. The molecular formula is C29H33Cl2N3O6. The number of halogens is 2. The van der Waals surface area contributed by atoms with Gasteiger partial charge in [-0.25, -0.2) is 4.79 Å². The molecule has 11 heteroatoms. The Kier molecular flexibility index (Phi) is 9.07. The van der Waals surface area contributed by atoms with Crippen LogP contribution in [0.4, 0.5) is 5.69 Å². The average molecular weight is 591 g/mol. The number of rotatable bonds is 11. The zero-order chi connectivity index (χ0) is 29.2. The van der Waals surface area contributed by atoms with Gasteiger partial charge in [-0.05, 0) is 75.9 Å². The number of hydrogen-bond donors (Lipinski definition) is 2. The molecule has 1 saturated carbocycles. The number of benzene rings is 2. The number of carboxylic acid groups (broad SMARTS) is 1. The minimum Gasteiger partial charge on any atom is -0.481 e. The van der Waals surface area contributed by atoms with E-state index in [0.717, 1.165) is 18.4 Å². The number of nitrogens with zero attached hydrogens (tertiary/aromatic N) is 2. The highest BCUT2D eigenvalue weighted by Gasteiger charge is 2.56. The van der Waals surface area contributed by atoms with Gasteiger partial charge in [0.05, 0.1) is 22.5 Å². The molecule has 1 fully saturated rings. The molecule has 2 aromatic rings. The number of non-ortho nitro benzene ring substituents is 1. The summed E-state index contributed by atoms with van der Waals surface area (Å²) in [4.78, 5) is 39.9. The molecular weight excluding hydrogens is 557 g/mol. The molecule has 2 aliphatic rings. The molecule has 3 unspecified atom stereocenters. The van der Waals surface area contributed by atoms with Gasteiger partial charge in [0.1, 0.15) is 0 Å². The molecule has 9 nitrogen and oxygen atoms in total. The molecule has 1 aliphatic carbocycles. The van der Waals surface area contributed by atoms with Gasteiger partial charge in [-0.3, -0.25) is 14.9 Å². The number of carbonyl (C=O) groups is 2. The van der Waals surface area contributed by atoms with E-state index in [-0.39, 0.29) is 24.3 Å². The molecule has 1 aliphatic heterocycles. The maximum atomic E-state index is 13.5. The fraction of sp³-hybridized carbons (Fsp3) is 0.448. The van der Waals surface area contributed by atoms with E-state index in [1.165, 1.54) is 18.2 Å². The van der Waals surface area contributed by atoms with Crippen molar-refractivity contribution in [2.45, 2.75) is 51.6 Å². The summed E-state index contributed by atoms with van der Waals surface area (Å²) in [6.45, 7) is 4.53. The van der Waals surface area contributed by atoms with Crippen molar-refractivity contribution in [1.29, 1.82) is 0 Å². The molecule has 0 radical (unpaired) electrons. The Morgan fingerprint density at radius 3 is 2.58 bits per heavy atom. The third-order valence-electron chi connectivity index (χ3n) is 7.96. The molecule has 214 valence electrons. The van der Waals surface area contributed by atoms with Crippen LogP contribution >= 0.6 is 23.2 Å². The molecule has 0 saturated heterocycles. The minimum absolute atomic E-state index is 0.137. The van der Waals surface area contributed by atoms with Crippen molar-refractivity contribution in [1.82, 2.24) is 10.2 Å². The van der Waals surface area contributed by atoms with Crippen LogP contribution in [0, 0.1) is 21.4 Å². The van der Waals surface area contributed by atoms with Gasteiger partial charge in [0.2, 0.25) is 0 Å². The van der Waals surface area contributed by atoms with Gasteiger partial charge < -0.3 is 20.1 Å². The second kappa shape index (κ2) is 12.2. The molecule has 0 aromatic heterocycles. The number of aliphatic carboxylic acids is 1. The molecule has 2 N–H and O–H groups in total. The molecule has 40 heavy (non-hydrogen) atoms. The van der Waals surface area contributed by atoms with E-state index in [1.54, 1.807) is 32.0 Å². The van der Waals surface area contributed by atoms with E-state index >= 15 is 0 Å². The van der Waals surface area contributed by atoms with Gasteiger partial charge in [0, 0.05) is 46.4 Å². The predicted octanol–water partition coefficient (Wildman–Crippen LogP) is 5.80. The third-order valence-corrected chi connectivity index (χ3v) is 8.54. The quantitative estimate of drug-likeness (QED) is 0.191. The number of ether oxygens (including phenoxy) is 1. The second-order valence-corrected chi connectivity index (χ2v) is 11.6. The lowest BCUT2D eigenvalue weighted by Gasteiger charge is -2.47. The standard InChI is InChI=1S/C29H33Cl2N3O6/c1-17-25(27(35)40-16-19-7-8-19)26(20-5-4-6-23(13-20)34(38)39)29(28(36)37,18(2)32-17)11-12-33(3)15-21-9-10-22(30)14-24(21)31/h4-6,9-10,13-14,18-19,26,32H,7-8,11-12,15-16H2,1-3H3,(H,36,37). The van der Waals surface area contributed by atoms with Gasteiger partial charge in [-0.15, -0.1) is 0 Å². The van der Waals surface area contributed by atoms with Gasteiger partial charge >= 0.3 is 11.9 Å². The maximum Gasteiger partial charge on any atom is 0.336 e. The van der Waals surface area contributed by atoms with E-state index in [0.29, 0.717) is 40.3 Å². The summed E-state index contributed by atoms with van der Waals surface area (Å²) in [6.07, 6.45) is 2.11. The zero-order valence-electron chi connectivity index (χ0n) is 22.7. The monoisotopic (exact) mass is 589 g/mol. The van der Waals surface area contributed by atoms with E-state index in [2.05, 4.69) is 5.32 Å². The van der Waals surface area contributed by atoms with E-state index < -0.39 is 34.2 Å². The highest BCUT2D eigenvalue weighted by atomic mass is 35.5. The molecule has 3 atom stereocenters. The van der Waals surface area contributed by atoms with Crippen molar-refractivity contribution in [2.75, 3.05) is 20.2 Å². The molecule has 4 rings (SSSR count). The Labute approximate surface area is 243 Å². The Hall–Kier alpha value is -3.14. The topological polar surface area (TPSA) is 122 Å². The van der Waals surface area contributed by atoms with Crippen molar-refractivity contribution in [3.8, 4) is 0 Å². The number of hydrogen-bond acceptors (Lipinski definition) is 7. The molecule has 1 heterocycles. The van der Waals surface area contributed by atoms with E-state index in [1.807, 2.05) is 18.0 Å². The number of esters is 1. The van der Waals surface area contributed by atoms with Crippen LogP contribution in [0.5, 0.6) is 0 Å². The van der Waals surface area contributed by atoms with Crippen molar-refractivity contribution in [3.05, 3.63) is 85.0 Å². The zero-order valence-corrected chi connectivity index (χ0v) is 24.2. The lowest BCUT2D eigenvalue weighted by Crippen LogP contribution is -2.57. The fourth-order valence-electron chi connectivity index (χ4n) is 5.54. The first-order valence-electron chi connectivity index (χ1n) is 13.2. The SMILES string of the molecule is CC1=C(C(=O)OCC2CC2)C(c2cccc([N+](=O)[O-])c2)C(CCN(C)Cc2ccc(Cl)cc2Cl)(C(=O)O)C(C)N1. The van der Waals surface area contributed by atoms with Crippen LogP contribution < -0.4 is 5.32 Å². The normalized spacial score (nSPS) is 22.6. The van der Waals surface area contributed by atoms with Crippen molar-refractivity contribution >= 4 is 40.8 Å². The first-order valence-corrected chi connectivity index (χ1v) is 13.9. The van der Waals surface area contributed by atoms with Crippen LogP contribution in [0.3, 0.4) is 0 Å². The summed E-state index contributed by atoms with van der Waals surface area (Å²) in [5.41, 5.74) is 0.198. The summed E-state index contributed by atoms with van der Waals surface area (Å²) in [7, 11) is 1.86. The smallest absolute Gasteiger partial charge is 0.336 e. The average Bonchev–Trinajstić information content (AvgIpc) is 3.72. The largest absolute Gasteiger partial charge is 0.481 e. The Bertz CT molecular complexity index is 1340. The van der Waals surface area contributed by atoms with Gasteiger partial charge in [0.15, 0.2) is 0 Å². The number of allylic oxidation sites excluding steroid dienone is 1. The van der Waals surface area contributed by atoms with Crippen molar-refractivity contribution in [3.63, 3.8) is 0 Å². The molecule has 0 bridgehead atoms. The highest BCUT2D eigenvalue weighted by Crippen LogP contribution is 2.51. The Morgan fingerprint density at radius 2 is 1.95 bits per heavy atom. The number of carboxylic acids is 1. The summed E-state index contributed by atoms with van der Waals surface area (Å²) in [5.74, 6) is -2.39. The summed E-state index contributed by atoms with van der Waals surface area (Å²) < 4.78 is 5.64. The highest BCUT2D eigenvalue weighted by molar-refractivity contribution is 6.35. The van der Waals surface area contributed by atoms with E-state index in [9.17, 15) is 24.8 Å². The maximum absolute atomic E-state index is 13.5. The summed E-state index contributed by atoms with van der Waals surface area (Å²) in [5, 5.41) is 26.8. The van der Waals surface area contributed by atoms with Gasteiger partial charge in [-0.1, -0.05) is 41.4 Å². The van der Waals surface area contributed by atoms with Crippen molar-refractivity contribution < 1.29 is 24.4 Å². The number of nitrogens with one attached hydrogen (secondary N) is 1. The number of nitro benzene ring substituents is 1. The van der Waals surface area contributed by atoms with Crippen LogP contribution in [0.25, 0.3) is 0 Å². The lowest BCUT2D eigenvalue weighted by molar-refractivity contribution is -0.384. The predicted molar refractivity (Wildman–Crippen MR) is 152 cm³/mol. The van der Waals surface area contributed by atoms with Crippen LogP contribution in [-0.2, 0) is 20.9 Å². The van der Waals surface area contributed by atoms with Gasteiger partial charge in [-0.2, -0.15) is 0 Å². The molecule has 0 spiro atoms. The van der Waals surface area contributed by atoms with Crippen LogP contribution in [0.1, 0.15) is 50.2 Å². The second-order valence-electron chi connectivity index (χ2n) is 10.8. The molecule has 2 aromatic carbocycles. The first kappa shape index (κ1) is 29.8. The minimum atomic E-state index is -1.53. The summed E-state index contributed by atoms with van der Waals surface area (Å²) >= 11 is 12.4. The Morgan fingerprint density at radius 1 is 1.23 bits per heavy atom. The van der Waals surface area contributed by atoms with E-state index in [4.69, 9.17) is 27.9 Å². The summed E-state index contributed by atoms with van der Waals surface area (Å²) in [6, 6.07) is 10.5. The fourth-order valence-corrected chi connectivity index (χ4v) is 6.00. The van der Waals surface area contributed by atoms with Gasteiger partial charge in [0.25, 0.3) is 5.69 Å².